The smallest absolute Gasteiger partial charge is 0.174 e. The number of Topliss-reactive ketones (excluding diaryl/α,β-unsaturated/α-hetero) is 1. The van der Waals surface area contributed by atoms with Crippen LogP contribution < -0.4 is 9.47 Å². The van der Waals surface area contributed by atoms with Gasteiger partial charge in [-0.25, -0.2) is 0 Å². The summed E-state index contributed by atoms with van der Waals surface area (Å²) in [5, 5.41) is 10.0. The highest BCUT2D eigenvalue weighted by Gasteiger charge is 2.35. The first-order chi connectivity index (χ1) is 9.13. The maximum Gasteiger partial charge on any atom is 0.174 e. The minimum atomic E-state index is -0.580. The van der Waals surface area contributed by atoms with Gasteiger partial charge in [0, 0.05) is 12.1 Å². The van der Waals surface area contributed by atoms with Crippen LogP contribution in [0.4, 0.5) is 0 Å². The molecule has 0 saturated heterocycles. The molecule has 0 radical (unpaired) electrons. The van der Waals surface area contributed by atoms with Gasteiger partial charge in [-0.1, -0.05) is 6.58 Å². The zero-order chi connectivity index (χ0) is 15.1. The number of ether oxygens (including phenoxy) is 2. The summed E-state index contributed by atoms with van der Waals surface area (Å²) in [7, 11) is 0. The van der Waals surface area contributed by atoms with Crippen LogP contribution in [0.2, 0.25) is 0 Å². The Hall–Kier alpha value is -1.97. The summed E-state index contributed by atoms with van der Waals surface area (Å²) >= 11 is 0. The Morgan fingerprint density at radius 1 is 1.45 bits per heavy atom. The van der Waals surface area contributed by atoms with Crippen molar-refractivity contribution < 1.29 is 19.4 Å². The SMILES string of the molecule is C=CC(C)(C)Oc1cc(O)c2c(c1)OC(C)(C)CC2=O. The van der Waals surface area contributed by atoms with Crippen molar-refractivity contribution in [3.05, 3.63) is 30.4 Å². The molecule has 0 saturated carbocycles. The maximum absolute atomic E-state index is 12.1. The van der Waals surface area contributed by atoms with E-state index in [1.807, 2.05) is 27.7 Å². The zero-order valence-corrected chi connectivity index (χ0v) is 12.3. The lowest BCUT2D eigenvalue weighted by Crippen LogP contribution is -2.36. The third kappa shape index (κ3) is 2.79. The molecule has 0 bridgehead atoms. The van der Waals surface area contributed by atoms with Gasteiger partial charge in [0.05, 0.1) is 6.42 Å². The van der Waals surface area contributed by atoms with E-state index in [1.165, 1.54) is 6.07 Å². The fourth-order valence-electron chi connectivity index (χ4n) is 2.15. The number of benzene rings is 1. The number of phenols is 1. The zero-order valence-electron chi connectivity index (χ0n) is 12.3. The summed E-state index contributed by atoms with van der Waals surface area (Å²) in [5.41, 5.74) is -0.925. The van der Waals surface area contributed by atoms with Gasteiger partial charge >= 0.3 is 0 Å². The molecule has 0 aromatic heterocycles. The molecule has 108 valence electrons. The normalized spacial score (nSPS) is 17.1. The lowest BCUT2D eigenvalue weighted by molar-refractivity contribution is 0.0610. The van der Waals surface area contributed by atoms with E-state index < -0.39 is 11.2 Å². The molecule has 0 spiro atoms. The van der Waals surface area contributed by atoms with Crippen molar-refractivity contribution >= 4 is 5.78 Å². The number of ketones is 1. The van der Waals surface area contributed by atoms with Gasteiger partial charge in [0.25, 0.3) is 0 Å². The van der Waals surface area contributed by atoms with Crippen LogP contribution in [0.1, 0.15) is 44.5 Å². The molecule has 4 nitrogen and oxygen atoms in total. The van der Waals surface area contributed by atoms with Gasteiger partial charge < -0.3 is 14.6 Å². The molecule has 1 aromatic rings. The Bertz CT molecular complexity index is 570. The molecule has 4 heteroatoms. The molecule has 1 aliphatic rings. The van der Waals surface area contributed by atoms with E-state index in [0.29, 0.717) is 11.5 Å². The number of carbonyl (C=O) groups excluding carboxylic acids is 1. The summed E-state index contributed by atoms with van der Waals surface area (Å²) < 4.78 is 11.5. The van der Waals surface area contributed by atoms with Crippen LogP contribution in [-0.2, 0) is 0 Å². The Morgan fingerprint density at radius 2 is 2.10 bits per heavy atom. The highest BCUT2D eigenvalue weighted by Crippen LogP contribution is 2.41. The third-order valence-corrected chi connectivity index (χ3v) is 3.18. The summed E-state index contributed by atoms with van der Waals surface area (Å²) in [6.45, 7) is 11.1. The molecular weight excluding hydrogens is 256 g/mol. The summed E-state index contributed by atoms with van der Waals surface area (Å²) in [4.78, 5) is 12.1. The minimum Gasteiger partial charge on any atom is -0.507 e. The van der Waals surface area contributed by atoms with Gasteiger partial charge in [0.2, 0.25) is 0 Å². The lowest BCUT2D eigenvalue weighted by atomic mass is 9.92. The van der Waals surface area contributed by atoms with Gasteiger partial charge in [-0.3, -0.25) is 4.79 Å². The molecule has 1 aromatic carbocycles. The fraction of sp³-hybridized carbons (Fsp3) is 0.438. The molecular formula is C16H20O4. The van der Waals surface area contributed by atoms with Gasteiger partial charge in [-0.05, 0) is 33.8 Å². The number of hydrogen-bond donors (Lipinski definition) is 1. The molecule has 1 N–H and O–H groups in total. The average Bonchev–Trinajstić information content (AvgIpc) is 2.24. The highest BCUT2D eigenvalue weighted by molar-refractivity contribution is 6.03. The van der Waals surface area contributed by atoms with Gasteiger partial charge in [0.1, 0.15) is 34.0 Å². The molecule has 1 heterocycles. The second-order valence-corrected chi connectivity index (χ2v) is 6.19. The molecule has 2 rings (SSSR count). The Kier molecular flexibility index (Phi) is 3.28. The third-order valence-electron chi connectivity index (χ3n) is 3.18. The highest BCUT2D eigenvalue weighted by atomic mass is 16.5. The van der Waals surface area contributed by atoms with E-state index in [0.717, 1.165) is 0 Å². The molecule has 0 atom stereocenters. The van der Waals surface area contributed by atoms with Crippen molar-refractivity contribution in [2.45, 2.75) is 45.3 Å². The first-order valence-electron chi connectivity index (χ1n) is 6.55. The van der Waals surface area contributed by atoms with E-state index in [1.54, 1.807) is 12.1 Å². The predicted octanol–water partition coefficient (Wildman–Crippen LogP) is 3.48. The number of fused-ring (bicyclic) bond motifs is 1. The van der Waals surface area contributed by atoms with Gasteiger partial charge in [0.15, 0.2) is 5.78 Å². The monoisotopic (exact) mass is 276 g/mol. The van der Waals surface area contributed by atoms with E-state index in [-0.39, 0.29) is 23.5 Å². The van der Waals surface area contributed by atoms with Crippen molar-refractivity contribution in [3.8, 4) is 17.2 Å². The van der Waals surface area contributed by atoms with Gasteiger partial charge in [-0.2, -0.15) is 0 Å². The van der Waals surface area contributed by atoms with Gasteiger partial charge in [-0.15, -0.1) is 0 Å². The second-order valence-electron chi connectivity index (χ2n) is 6.19. The van der Waals surface area contributed by atoms with Crippen LogP contribution in [0.15, 0.2) is 24.8 Å². The van der Waals surface area contributed by atoms with E-state index in [4.69, 9.17) is 9.47 Å². The van der Waals surface area contributed by atoms with Crippen molar-refractivity contribution in [3.63, 3.8) is 0 Å². The number of carbonyl (C=O) groups is 1. The van der Waals surface area contributed by atoms with Crippen LogP contribution in [0.5, 0.6) is 17.2 Å². The van der Waals surface area contributed by atoms with Crippen molar-refractivity contribution in [1.29, 1.82) is 0 Å². The van der Waals surface area contributed by atoms with Crippen molar-refractivity contribution in [2.75, 3.05) is 0 Å². The standard InChI is InChI=1S/C16H20O4/c1-6-15(2,3)19-10-7-11(17)14-12(18)9-16(4,5)20-13(14)8-10/h6-8,17H,1,9H2,2-5H3. The Morgan fingerprint density at radius 3 is 2.70 bits per heavy atom. The molecule has 0 fully saturated rings. The largest absolute Gasteiger partial charge is 0.507 e. The minimum absolute atomic E-state index is 0.113. The molecule has 0 unspecified atom stereocenters. The van der Waals surface area contributed by atoms with Crippen LogP contribution >= 0.6 is 0 Å². The van der Waals surface area contributed by atoms with E-state index >= 15 is 0 Å². The van der Waals surface area contributed by atoms with Crippen molar-refractivity contribution in [1.82, 2.24) is 0 Å². The van der Waals surface area contributed by atoms with E-state index in [9.17, 15) is 9.90 Å². The van der Waals surface area contributed by atoms with Crippen LogP contribution in [0, 0.1) is 0 Å². The maximum atomic E-state index is 12.1. The van der Waals surface area contributed by atoms with Crippen LogP contribution in [-0.4, -0.2) is 22.1 Å². The Labute approximate surface area is 119 Å². The van der Waals surface area contributed by atoms with Crippen LogP contribution in [0.3, 0.4) is 0 Å². The summed E-state index contributed by atoms with van der Waals surface area (Å²) in [6, 6.07) is 3.07. The van der Waals surface area contributed by atoms with Crippen LogP contribution in [0.25, 0.3) is 0 Å². The van der Waals surface area contributed by atoms with Crippen molar-refractivity contribution in [2.24, 2.45) is 0 Å². The number of rotatable bonds is 3. The quantitative estimate of drug-likeness (QED) is 0.859. The number of hydrogen-bond acceptors (Lipinski definition) is 4. The first-order valence-corrected chi connectivity index (χ1v) is 6.55. The average molecular weight is 276 g/mol. The number of phenolic OH excluding ortho intramolecular Hbond substituents is 1. The lowest BCUT2D eigenvalue weighted by Gasteiger charge is -2.32. The second kappa shape index (κ2) is 4.54. The molecule has 0 amide bonds. The molecule has 1 aliphatic heterocycles. The van der Waals surface area contributed by atoms with E-state index in [2.05, 4.69) is 6.58 Å². The first kappa shape index (κ1) is 14.4. The fourth-order valence-corrected chi connectivity index (χ4v) is 2.15. The summed E-state index contributed by atoms with van der Waals surface area (Å²) in [5.74, 6) is 0.568. The molecule has 0 aliphatic carbocycles. The topological polar surface area (TPSA) is 55.8 Å². The Balaban J connectivity index is 2.44. The number of aromatic hydroxyl groups is 1. The predicted molar refractivity (Wildman–Crippen MR) is 76.7 cm³/mol. The summed E-state index contributed by atoms with van der Waals surface area (Å²) in [6.07, 6.45) is 1.91. The molecule has 20 heavy (non-hydrogen) atoms.